The van der Waals surface area contributed by atoms with Crippen molar-refractivity contribution in [1.29, 1.82) is 0 Å². The smallest absolute Gasteiger partial charge is 0.360 e. The van der Waals surface area contributed by atoms with Crippen LogP contribution in [-0.2, 0) is 14.3 Å². The van der Waals surface area contributed by atoms with Crippen LogP contribution >= 0.6 is 23.5 Å². The van der Waals surface area contributed by atoms with E-state index in [1.807, 2.05) is 0 Å². The zero-order chi connectivity index (χ0) is 27.0. The molecule has 1 N–H and O–H groups in total. The minimum atomic E-state index is -2.35. The van der Waals surface area contributed by atoms with Gasteiger partial charge in [-0.25, -0.2) is 18.0 Å². The number of aromatic nitrogens is 2. The number of carbonyl (C=O) groups is 3. The van der Waals surface area contributed by atoms with Gasteiger partial charge in [-0.2, -0.15) is 8.75 Å². The summed E-state index contributed by atoms with van der Waals surface area (Å²) in [6.45, 7) is 4.78. The molecule has 37 heavy (non-hydrogen) atoms. The molecule has 0 aliphatic heterocycles. The average Bonchev–Trinajstić information content (AvgIpc) is 3.45. The molecule has 200 valence electrons. The topological polar surface area (TPSA) is 106 Å². The second kappa shape index (κ2) is 8.74. The third kappa shape index (κ3) is 3.33. The number of esters is 1. The molecule has 4 aliphatic rings. The average molecular weight is 557 g/mol. The molecule has 3 fully saturated rings. The zero-order valence-electron chi connectivity index (χ0n) is 20.4. The van der Waals surface area contributed by atoms with Gasteiger partial charge in [0, 0.05) is 22.7 Å². The number of nitrogens with zero attached hydrogens (tertiary/aromatic N) is 2. The fourth-order valence-electron chi connectivity index (χ4n) is 7.83. The Labute approximate surface area is 220 Å². The van der Waals surface area contributed by atoms with Gasteiger partial charge in [-0.1, -0.05) is 19.9 Å². The van der Waals surface area contributed by atoms with Crippen molar-refractivity contribution in [2.75, 3.05) is 6.01 Å². The van der Waals surface area contributed by atoms with Crippen LogP contribution in [0.1, 0.15) is 50.5 Å². The molecule has 7 nitrogen and oxygen atoms in total. The van der Waals surface area contributed by atoms with E-state index in [9.17, 15) is 23.9 Å². The number of hydrogen-bond acceptors (Lipinski definition) is 9. The molecule has 0 radical (unpaired) electrons. The standard InChI is InChI=1S/C25H27F3N2O5S2/c1-12-6-14-15-8-17(27)16-7-13(31)4-5-22(16,2)24(15,28)19(32)9-23(14,3)25(12,21(34)36-11-26)35-20(33)18-10-29-37-30-18/h4-5,7,10,12,14-15,17,19,32H,6,8-9,11H2,1-3H3/t12-,14+,15+,17+,19+,22+,23+,24+,25+/m1/s1. The Hall–Kier alpha value is -2.05. The van der Waals surface area contributed by atoms with Crippen molar-refractivity contribution in [3.8, 4) is 0 Å². The molecular formula is C25H27F3N2O5S2. The molecule has 1 aromatic rings. The van der Waals surface area contributed by atoms with E-state index in [1.54, 1.807) is 13.8 Å². The molecule has 12 heteroatoms. The Morgan fingerprint density at radius 2 is 2.03 bits per heavy atom. The first kappa shape index (κ1) is 26.6. The number of aliphatic hydroxyl groups excluding tert-OH is 1. The normalized spacial score (nSPS) is 44.5. The lowest BCUT2D eigenvalue weighted by molar-refractivity contribution is -0.221. The second-order valence-electron chi connectivity index (χ2n) is 11.0. The molecule has 0 bridgehead atoms. The third-order valence-electron chi connectivity index (χ3n) is 9.48. The number of ether oxygens (including phenoxy) is 1. The minimum absolute atomic E-state index is 0.00904. The lowest BCUT2D eigenvalue weighted by atomic mass is 9.44. The Bertz CT molecular complexity index is 1210. The maximum absolute atomic E-state index is 17.4. The van der Waals surface area contributed by atoms with Gasteiger partial charge in [0.1, 0.15) is 12.2 Å². The Morgan fingerprint density at radius 1 is 1.30 bits per heavy atom. The maximum atomic E-state index is 17.4. The van der Waals surface area contributed by atoms with Crippen LogP contribution in [0.15, 0.2) is 30.0 Å². The fourth-order valence-corrected chi connectivity index (χ4v) is 9.02. The number of aliphatic hydroxyl groups is 1. The number of rotatable bonds is 4. The van der Waals surface area contributed by atoms with Crippen LogP contribution in [0.4, 0.5) is 13.2 Å². The Kier molecular flexibility index (Phi) is 6.27. The van der Waals surface area contributed by atoms with Gasteiger partial charge in [0.2, 0.25) is 5.12 Å². The van der Waals surface area contributed by atoms with E-state index < -0.39 is 75.0 Å². The molecule has 1 heterocycles. The molecule has 0 unspecified atom stereocenters. The molecule has 5 rings (SSSR count). The van der Waals surface area contributed by atoms with Gasteiger partial charge >= 0.3 is 5.97 Å². The van der Waals surface area contributed by atoms with Crippen molar-refractivity contribution in [3.05, 3.63) is 35.7 Å². The van der Waals surface area contributed by atoms with Crippen molar-refractivity contribution >= 4 is 40.4 Å². The molecule has 0 amide bonds. The van der Waals surface area contributed by atoms with E-state index in [4.69, 9.17) is 4.74 Å². The largest absolute Gasteiger partial charge is 0.444 e. The van der Waals surface area contributed by atoms with Crippen molar-refractivity contribution in [2.24, 2.45) is 28.6 Å². The number of thioether (sulfide) groups is 1. The highest BCUT2D eigenvalue weighted by Crippen LogP contribution is 2.72. The van der Waals surface area contributed by atoms with Crippen molar-refractivity contribution < 1.29 is 37.4 Å². The molecule has 0 saturated heterocycles. The van der Waals surface area contributed by atoms with Crippen LogP contribution in [0.3, 0.4) is 0 Å². The van der Waals surface area contributed by atoms with Gasteiger partial charge in [-0.05, 0) is 61.6 Å². The first-order valence-electron chi connectivity index (χ1n) is 12.1. The lowest BCUT2D eigenvalue weighted by Crippen LogP contribution is -2.70. The van der Waals surface area contributed by atoms with Crippen LogP contribution in [0.2, 0.25) is 0 Å². The SMILES string of the molecule is C[C@@H]1C[C@H]2[C@@H]3C[C@H](F)C4=CC(=O)C=C[C@]4(C)[C@@]3(F)[C@@H](O)C[C@]2(C)[C@@]1(OC(=O)c1cnsn1)C(=O)SCF. The molecule has 9 atom stereocenters. The fraction of sp³-hybridized carbons (Fsp3) is 0.640. The lowest BCUT2D eigenvalue weighted by Gasteiger charge is -2.63. The summed E-state index contributed by atoms with van der Waals surface area (Å²) >= 11 is 1.12. The van der Waals surface area contributed by atoms with Crippen molar-refractivity contribution in [1.82, 2.24) is 8.75 Å². The Morgan fingerprint density at radius 3 is 2.68 bits per heavy atom. The van der Waals surface area contributed by atoms with Gasteiger partial charge in [-0.3, -0.25) is 9.59 Å². The third-order valence-corrected chi connectivity index (χ3v) is 10.6. The van der Waals surface area contributed by atoms with Gasteiger partial charge in [0.25, 0.3) is 0 Å². The number of halogens is 3. The summed E-state index contributed by atoms with van der Waals surface area (Å²) in [5.41, 5.74) is -7.32. The number of ketones is 1. The summed E-state index contributed by atoms with van der Waals surface area (Å²) in [6.07, 6.45) is 1.06. The van der Waals surface area contributed by atoms with E-state index in [2.05, 4.69) is 8.75 Å². The summed E-state index contributed by atoms with van der Waals surface area (Å²) in [5, 5.41) is 10.7. The zero-order valence-corrected chi connectivity index (χ0v) is 22.1. The molecule has 3 saturated carbocycles. The van der Waals surface area contributed by atoms with Crippen LogP contribution in [0, 0.1) is 28.6 Å². The minimum Gasteiger partial charge on any atom is -0.444 e. The predicted molar refractivity (Wildman–Crippen MR) is 130 cm³/mol. The summed E-state index contributed by atoms with van der Waals surface area (Å²) in [7, 11) is 0. The van der Waals surface area contributed by atoms with Crippen LogP contribution < -0.4 is 0 Å². The number of carbonyl (C=O) groups excluding carboxylic acids is 3. The van der Waals surface area contributed by atoms with E-state index in [0.29, 0.717) is 11.8 Å². The maximum Gasteiger partial charge on any atom is 0.360 e. The highest BCUT2D eigenvalue weighted by Gasteiger charge is 2.78. The van der Waals surface area contributed by atoms with Gasteiger partial charge < -0.3 is 9.84 Å². The first-order valence-corrected chi connectivity index (χ1v) is 13.8. The van der Waals surface area contributed by atoms with Crippen molar-refractivity contribution in [3.63, 3.8) is 0 Å². The van der Waals surface area contributed by atoms with Crippen LogP contribution in [0.25, 0.3) is 0 Å². The van der Waals surface area contributed by atoms with E-state index in [0.717, 1.165) is 17.8 Å². The van der Waals surface area contributed by atoms with Crippen molar-refractivity contribution in [2.45, 2.75) is 63.6 Å². The Balaban J connectivity index is 1.64. The first-order chi connectivity index (χ1) is 17.4. The van der Waals surface area contributed by atoms with E-state index in [-0.39, 0.29) is 30.5 Å². The molecule has 4 aliphatic carbocycles. The second-order valence-corrected chi connectivity index (χ2v) is 12.4. The number of hydrogen-bond donors (Lipinski definition) is 1. The van der Waals surface area contributed by atoms with Gasteiger partial charge in [0.15, 0.2) is 22.7 Å². The molecule has 0 aromatic carbocycles. The quantitative estimate of drug-likeness (QED) is 0.551. The van der Waals surface area contributed by atoms with Crippen LogP contribution in [0.5, 0.6) is 0 Å². The van der Waals surface area contributed by atoms with E-state index >= 15 is 8.78 Å². The predicted octanol–water partition coefficient (Wildman–Crippen LogP) is 4.19. The number of fused-ring (bicyclic) bond motifs is 5. The summed E-state index contributed by atoms with van der Waals surface area (Å²) in [4.78, 5) is 38.7. The van der Waals surface area contributed by atoms with Gasteiger partial charge in [0.05, 0.1) is 24.0 Å². The summed E-state index contributed by atoms with van der Waals surface area (Å²) < 4.78 is 60.0. The highest BCUT2D eigenvalue weighted by atomic mass is 32.2. The van der Waals surface area contributed by atoms with Gasteiger partial charge in [-0.15, -0.1) is 0 Å². The number of alkyl halides is 3. The summed E-state index contributed by atoms with van der Waals surface area (Å²) in [6, 6.07) is -1.07. The molecular weight excluding hydrogens is 529 g/mol. The molecule has 0 spiro atoms. The summed E-state index contributed by atoms with van der Waals surface area (Å²) in [5.74, 6) is -3.82. The monoisotopic (exact) mass is 556 g/mol. The molecule has 1 aromatic heterocycles. The van der Waals surface area contributed by atoms with Crippen LogP contribution in [-0.4, -0.2) is 60.3 Å². The van der Waals surface area contributed by atoms with E-state index in [1.165, 1.54) is 25.3 Å². The highest BCUT2D eigenvalue weighted by molar-refractivity contribution is 8.13. The number of allylic oxidation sites excluding steroid dienone is 4.